The first kappa shape index (κ1) is 6.57. The highest BCUT2D eigenvalue weighted by molar-refractivity contribution is 5.03. The van der Waals surface area contributed by atoms with Crippen LogP contribution in [0, 0.1) is 16.7 Å². The number of rotatable bonds is 1. The molecule has 1 aliphatic carbocycles. The Bertz CT molecular complexity index is 141. The number of nitrogens with two attached hydrogens (primary N) is 1. The van der Waals surface area contributed by atoms with E-state index in [1.165, 1.54) is 6.42 Å². The van der Waals surface area contributed by atoms with Crippen molar-refractivity contribution >= 4 is 0 Å². The molecule has 0 bridgehead atoms. The van der Waals surface area contributed by atoms with Crippen LogP contribution in [0.15, 0.2) is 0 Å². The van der Waals surface area contributed by atoms with Gasteiger partial charge in [-0.2, -0.15) is 5.26 Å². The zero-order chi connectivity index (χ0) is 6.91. The number of nitrogens with zero attached hydrogens (tertiary/aromatic N) is 1. The van der Waals surface area contributed by atoms with Crippen LogP contribution in [0.4, 0.5) is 0 Å². The van der Waals surface area contributed by atoms with Crippen molar-refractivity contribution in [2.75, 3.05) is 0 Å². The first-order valence-corrected chi connectivity index (χ1v) is 3.34. The van der Waals surface area contributed by atoms with Gasteiger partial charge in [0.1, 0.15) is 0 Å². The van der Waals surface area contributed by atoms with E-state index in [1.54, 1.807) is 0 Å². The van der Waals surface area contributed by atoms with Gasteiger partial charge in [0, 0.05) is 0 Å². The highest BCUT2D eigenvalue weighted by Crippen LogP contribution is 2.42. The fourth-order valence-corrected chi connectivity index (χ4v) is 1.20. The summed E-state index contributed by atoms with van der Waals surface area (Å²) in [5.74, 6) is 0. The van der Waals surface area contributed by atoms with Gasteiger partial charge in [0.15, 0.2) is 0 Å². The highest BCUT2D eigenvalue weighted by atomic mass is 14.7. The van der Waals surface area contributed by atoms with Gasteiger partial charge in [0.2, 0.25) is 0 Å². The van der Waals surface area contributed by atoms with Gasteiger partial charge in [-0.3, -0.25) is 0 Å². The van der Waals surface area contributed by atoms with Crippen LogP contribution in [0.1, 0.15) is 26.2 Å². The smallest absolute Gasteiger partial charge is 0.0982 e. The quantitative estimate of drug-likeness (QED) is 0.567. The minimum absolute atomic E-state index is 0.148. The monoisotopic (exact) mass is 124 g/mol. The molecule has 0 spiro atoms. The molecule has 0 radical (unpaired) electrons. The third-order valence-corrected chi connectivity index (χ3v) is 2.39. The summed E-state index contributed by atoms with van der Waals surface area (Å²) in [6.45, 7) is 2.09. The topological polar surface area (TPSA) is 49.8 Å². The summed E-state index contributed by atoms with van der Waals surface area (Å²) in [5.41, 5.74) is 5.70. The Kier molecular flexibility index (Phi) is 1.46. The van der Waals surface area contributed by atoms with Crippen molar-refractivity contribution in [2.45, 2.75) is 32.2 Å². The molecule has 1 rings (SSSR count). The lowest BCUT2D eigenvalue weighted by atomic mass is 9.66. The van der Waals surface area contributed by atoms with E-state index in [1.807, 2.05) is 0 Å². The summed E-state index contributed by atoms with van der Waals surface area (Å²) in [6, 6.07) is 1.84. The lowest BCUT2D eigenvalue weighted by Crippen LogP contribution is -2.43. The van der Waals surface area contributed by atoms with Crippen molar-refractivity contribution in [3.05, 3.63) is 0 Å². The van der Waals surface area contributed by atoms with Crippen molar-refractivity contribution in [1.29, 1.82) is 5.26 Å². The van der Waals surface area contributed by atoms with E-state index >= 15 is 0 Å². The molecular weight excluding hydrogens is 112 g/mol. The minimum Gasteiger partial charge on any atom is -0.315 e. The van der Waals surface area contributed by atoms with Crippen LogP contribution in [0.2, 0.25) is 0 Å². The molecule has 1 fully saturated rings. The summed E-state index contributed by atoms with van der Waals surface area (Å²) < 4.78 is 0. The number of hydrogen-bond donors (Lipinski definition) is 1. The molecule has 0 amide bonds. The minimum atomic E-state index is -0.244. The molecule has 9 heavy (non-hydrogen) atoms. The first-order valence-electron chi connectivity index (χ1n) is 3.34. The van der Waals surface area contributed by atoms with E-state index in [0.29, 0.717) is 0 Å². The van der Waals surface area contributed by atoms with Crippen LogP contribution >= 0.6 is 0 Å². The largest absolute Gasteiger partial charge is 0.315 e. The molecule has 1 saturated carbocycles. The summed E-state index contributed by atoms with van der Waals surface area (Å²) in [4.78, 5) is 0. The Labute approximate surface area is 55.7 Å². The fraction of sp³-hybridized carbons (Fsp3) is 0.857. The van der Waals surface area contributed by atoms with Crippen molar-refractivity contribution in [3.63, 3.8) is 0 Å². The summed E-state index contributed by atoms with van der Waals surface area (Å²) in [6.07, 6.45) is 3.50. The molecular formula is C7H12N2. The molecule has 1 aliphatic rings. The lowest BCUT2D eigenvalue weighted by Gasteiger charge is -2.40. The van der Waals surface area contributed by atoms with Crippen molar-refractivity contribution in [2.24, 2.45) is 11.1 Å². The third kappa shape index (κ3) is 0.927. The van der Waals surface area contributed by atoms with Gasteiger partial charge >= 0.3 is 0 Å². The summed E-state index contributed by atoms with van der Waals surface area (Å²) in [7, 11) is 0. The lowest BCUT2D eigenvalue weighted by molar-refractivity contribution is 0.144. The molecule has 0 aromatic heterocycles. The molecule has 50 valence electrons. The second kappa shape index (κ2) is 2.00. The highest BCUT2D eigenvalue weighted by Gasteiger charge is 2.37. The van der Waals surface area contributed by atoms with E-state index in [2.05, 4.69) is 13.0 Å². The first-order chi connectivity index (χ1) is 4.19. The van der Waals surface area contributed by atoms with Crippen LogP contribution in [-0.2, 0) is 0 Å². The average Bonchev–Trinajstić information content (AvgIpc) is 1.81. The van der Waals surface area contributed by atoms with Crippen molar-refractivity contribution < 1.29 is 0 Å². The molecule has 2 nitrogen and oxygen atoms in total. The van der Waals surface area contributed by atoms with Gasteiger partial charge in [0.25, 0.3) is 0 Å². The van der Waals surface area contributed by atoms with Crippen LogP contribution in [-0.4, -0.2) is 6.04 Å². The molecule has 0 saturated heterocycles. The van der Waals surface area contributed by atoms with Gasteiger partial charge < -0.3 is 5.73 Å². The second-order valence-corrected chi connectivity index (χ2v) is 3.11. The normalized spacial score (nSPS) is 25.9. The van der Waals surface area contributed by atoms with E-state index in [0.717, 1.165) is 12.8 Å². The molecule has 1 atom stereocenters. The fourth-order valence-electron chi connectivity index (χ4n) is 1.20. The SMILES string of the molecule is CC1(C(N)C#N)CCC1. The van der Waals surface area contributed by atoms with E-state index in [-0.39, 0.29) is 11.5 Å². The van der Waals surface area contributed by atoms with Crippen LogP contribution in [0.5, 0.6) is 0 Å². The third-order valence-electron chi connectivity index (χ3n) is 2.39. The van der Waals surface area contributed by atoms with Gasteiger partial charge in [-0.15, -0.1) is 0 Å². The molecule has 0 aromatic rings. The number of nitriles is 1. The Hall–Kier alpha value is -0.550. The van der Waals surface area contributed by atoms with Gasteiger partial charge in [-0.25, -0.2) is 0 Å². The van der Waals surface area contributed by atoms with Crippen LogP contribution < -0.4 is 5.73 Å². The Morgan fingerprint density at radius 2 is 2.22 bits per heavy atom. The molecule has 2 heteroatoms. The summed E-state index contributed by atoms with van der Waals surface area (Å²) >= 11 is 0. The maximum atomic E-state index is 8.46. The Morgan fingerprint density at radius 1 is 1.67 bits per heavy atom. The Morgan fingerprint density at radius 3 is 2.33 bits per heavy atom. The summed E-state index contributed by atoms with van der Waals surface area (Å²) in [5, 5.41) is 8.46. The van der Waals surface area contributed by atoms with Crippen LogP contribution in [0.25, 0.3) is 0 Å². The second-order valence-electron chi connectivity index (χ2n) is 3.11. The molecule has 0 heterocycles. The van der Waals surface area contributed by atoms with Gasteiger partial charge in [0.05, 0.1) is 12.1 Å². The van der Waals surface area contributed by atoms with Gasteiger partial charge in [-0.05, 0) is 18.3 Å². The maximum absolute atomic E-state index is 8.46. The Balaban J connectivity index is 2.51. The molecule has 0 aromatic carbocycles. The maximum Gasteiger partial charge on any atom is 0.0982 e. The standard InChI is InChI=1S/C7H12N2/c1-7(3-2-4-7)6(9)5-8/h6H,2-4,9H2,1H3. The number of hydrogen-bond acceptors (Lipinski definition) is 2. The zero-order valence-electron chi connectivity index (χ0n) is 5.72. The van der Waals surface area contributed by atoms with E-state index < -0.39 is 0 Å². The predicted octanol–water partition coefficient (Wildman–Crippen LogP) is 1.03. The molecule has 2 N–H and O–H groups in total. The zero-order valence-corrected chi connectivity index (χ0v) is 5.72. The van der Waals surface area contributed by atoms with E-state index in [4.69, 9.17) is 11.0 Å². The predicted molar refractivity (Wildman–Crippen MR) is 35.5 cm³/mol. The van der Waals surface area contributed by atoms with Crippen LogP contribution in [0.3, 0.4) is 0 Å². The average molecular weight is 124 g/mol. The van der Waals surface area contributed by atoms with Crippen molar-refractivity contribution in [3.8, 4) is 6.07 Å². The molecule has 1 unspecified atom stereocenters. The molecule has 0 aliphatic heterocycles. The van der Waals surface area contributed by atoms with Gasteiger partial charge in [-0.1, -0.05) is 13.3 Å². The van der Waals surface area contributed by atoms with Crippen molar-refractivity contribution in [1.82, 2.24) is 0 Å². The van der Waals surface area contributed by atoms with E-state index in [9.17, 15) is 0 Å².